The van der Waals surface area contributed by atoms with Gasteiger partial charge in [0, 0.05) is 24.9 Å². The Morgan fingerprint density at radius 2 is 1.77 bits per heavy atom. The average molecular weight is 243 g/mol. The van der Waals surface area contributed by atoms with Gasteiger partial charge in [-0.15, -0.1) is 0 Å². The van der Waals surface area contributed by atoms with Gasteiger partial charge in [0.25, 0.3) is 0 Å². The zero-order valence-electron chi connectivity index (χ0n) is 6.97. The van der Waals surface area contributed by atoms with Gasteiger partial charge in [-0.3, -0.25) is 0 Å². The maximum atomic E-state index is 9.47. The summed E-state index contributed by atoms with van der Waals surface area (Å²) in [5, 5.41) is 10.5. The van der Waals surface area contributed by atoms with Crippen LogP contribution in [-0.4, -0.2) is 9.94 Å². The van der Waals surface area contributed by atoms with Crippen molar-refractivity contribution < 1.29 is 24.7 Å². The van der Waals surface area contributed by atoms with Crippen molar-refractivity contribution in [3.05, 3.63) is 41.0 Å². The van der Waals surface area contributed by atoms with Crippen molar-refractivity contribution in [3.8, 4) is 0 Å². The molecule has 2 aromatic rings. The predicted molar refractivity (Wildman–Crippen MR) is 50.0 cm³/mol. The molecule has 0 amide bonds. The third-order valence-electron chi connectivity index (χ3n) is 1.78. The quantitative estimate of drug-likeness (QED) is 0.436. The molecule has 0 atom stereocenters. The minimum absolute atomic E-state index is 0. The fourth-order valence-corrected chi connectivity index (χ4v) is 1.34. The second-order valence-electron chi connectivity index (χ2n) is 2.54. The minimum Gasteiger partial charge on any atom is -0.427 e. The average Bonchev–Trinajstić information content (AvgIpc) is 2.12. The summed E-state index contributed by atoms with van der Waals surface area (Å²) in [7, 11) is 0. The van der Waals surface area contributed by atoms with E-state index in [0.29, 0.717) is 4.64 Å². The smallest absolute Gasteiger partial charge is 0.143 e. The van der Waals surface area contributed by atoms with Gasteiger partial charge in [-0.2, -0.15) is 4.73 Å². The van der Waals surface area contributed by atoms with Crippen LogP contribution in [0.3, 0.4) is 0 Å². The molecular formula is C9H7NOSZn. The number of pyridine rings is 1. The molecule has 0 bridgehead atoms. The molecule has 2 rings (SSSR count). The monoisotopic (exact) mass is 241 g/mol. The molecule has 0 saturated carbocycles. The summed E-state index contributed by atoms with van der Waals surface area (Å²) < 4.78 is 1.44. The van der Waals surface area contributed by atoms with Crippen LogP contribution in [-0.2, 0) is 19.5 Å². The molecule has 0 radical (unpaired) electrons. The van der Waals surface area contributed by atoms with Gasteiger partial charge in [-0.25, -0.2) is 0 Å². The Labute approximate surface area is 93.5 Å². The molecule has 1 heterocycles. The van der Waals surface area contributed by atoms with Crippen molar-refractivity contribution in [2.24, 2.45) is 0 Å². The second-order valence-corrected chi connectivity index (χ2v) is 2.96. The van der Waals surface area contributed by atoms with E-state index < -0.39 is 0 Å². The molecule has 1 aromatic carbocycles. The van der Waals surface area contributed by atoms with E-state index in [9.17, 15) is 5.21 Å². The van der Waals surface area contributed by atoms with Gasteiger partial charge >= 0.3 is 0 Å². The van der Waals surface area contributed by atoms with Gasteiger partial charge in [0.2, 0.25) is 0 Å². The van der Waals surface area contributed by atoms with E-state index >= 15 is 0 Å². The zero-order valence-corrected chi connectivity index (χ0v) is 10.8. The Balaban J connectivity index is 0.000000845. The molecule has 4 heteroatoms. The SMILES string of the molecule is On1c(=S)ccc2ccccc21.[Zn]. The van der Waals surface area contributed by atoms with Crippen molar-refractivity contribution >= 4 is 23.1 Å². The van der Waals surface area contributed by atoms with Gasteiger partial charge < -0.3 is 5.21 Å². The van der Waals surface area contributed by atoms with Crippen molar-refractivity contribution in [2.45, 2.75) is 0 Å². The van der Waals surface area contributed by atoms with E-state index in [0.717, 1.165) is 15.6 Å². The molecule has 0 spiro atoms. The molecule has 0 aliphatic rings. The number of hydrogen-bond donors (Lipinski definition) is 1. The molecular weight excluding hydrogens is 236 g/mol. The summed E-state index contributed by atoms with van der Waals surface area (Å²) in [5.41, 5.74) is 0.741. The molecule has 0 aliphatic heterocycles. The Bertz CT molecular complexity index is 480. The Morgan fingerprint density at radius 3 is 2.54 bits per heavy atom. The van der Waals surface area contributed by atoms with Crippen LogP contribution in [0.25, 0.3) is 10.9 Å². The van der Waals surface area contributed by atoms with E-state index in [-0.39, 0.29) is 19.5 Å². The van der Waals surface area contributed by atoms with Crippen LogP contribution in [0.5, 0.6) is 0 Å². The topological polar surface area (TPSA) is 25.2 Å². The summed E-state index contributed by atoms with van der Waals surface area (Å²) in [6.45, 7) is 0. The molecule has 0 aliphatic carbocycles. The Kier molecular flexibility index (Phi) is 3.18. The number of nitrogens with zero attached hydrogens (tertiary/aromatic N) is 1. The molecule has 13 heavy (non-hydrogen) atoms. The van der Waals surface area contributed by atoms with E-state index in [4.69, 9.17) is 12.2 Å². The van der Waals surface area contributed by atoms with Crippen molar-refractivity contribution in [1.82, 2.24) is 4.73 Å². The number of hydrogen-bond acceptors (Lipinski definition) is 2. The normalized spacial score (nSPS) is 9.54. The summed E-state index contributed by atoms with van der Waals surface area (Å²) in [4.78, 5) is 0. The van der Waals surface area contributed by atoms with Crippen molar-refractivity contribution in [1.29, 1.82) is 0 Å². The van der Waals surface area contributed by atoms with E-state index in [1.165, 1.54) is 0 Å². The van der Waals surface area contributed by atoms with Crippen LogP contribution >= 0.6 is 12.2 Å². The van der Waals surface area contributed by atoms with Gasteiger partial charge in [-0.05, 0) is 18.2 Å². The van der Waals surface area contributed by atoms with Crippen LogP contribution in [0.2, 0.25) is 0 Å². The fourth-order valence-electron chi connectivity index (χ4n) is 1.17. The maximum Gasteiger partial charge on any atom is 0.143 e. The predicted octanol–water partition coefficient (Wildman–Crippen LogP) is 2.61. The van der Waals surface area contributed by atoms with Gasteiger partial charge in [0.05, 0.1) is 5.52 Å². The first-order chi connectivity index (χ1) is 5.79. The summed E-state index contributed by atoms with van der Waals surface area (Å²) >= 11 is 4.89. The standard InChI is InChI=1S/C9H7NOS.Zn/c11-10-8-4-2-1-3-7(8)5-6-9(10)12;/h1-6,11H;. The third kappa shape index (κ3) is 1.79. The third-order valence-corrected chi connectivity index (χ3v) is 2.09. The van der Waals surface area contributed by atoms with E-state index in [2.05, 4.69) is 0 Å². The first kappa shape index (κ1) is 10.4. The maximum absolute atomic E-state index is 9.47. The molecule has 1 aromatic heterocycles. The molecule has 1 N–H and O–H groups in total. The largest absolute Gasteiger partial charge is 0.427 e. The number of rotatable bonds is 0. The molecule has 62 valence electrons. The first-order valence-corrected chi connectivity index (χ1v) is 4.00. The zero-order chi connectivity index (χ0) is 8.55. The van der Waals surface area contributed by atoms with Crippen LogP contribution in [0.15, 0.2) is 36.4 Å². The Morgan fingerprint density at radius 1 is 1.08 bits per heavy atom. The molecule has 0 unspecified atom stereocenters. The number of fused-ring (bicyclic) bond motifs is 1. The number of aromatic nitrogens is 1. The fraction of sp³-hybridized carbons (Fsp3) is 0. The second kappa shape index (κ2) is 3.99. The first-order valence-electron chi connectivity index (χ1n) is 3.59. The van der Waals surface area contributed by atoms with Crippen LogP contribution in [0, 0.1) is 4.64 Å². The summed E-state index contributed by atoms with van der Waals surface area (Å²) in [6, 6.07) is 11.1. The molecule has 2 nitrogen and oxygen atoms in total. The Hall–Kier alpha value is -0.727. The molecule has 0 fully saturated rings. The summed E-state index contributed by atoms with van der Waals surface area (Å²) in [5.74, 6) is 0. The van der Waals surface area contributed by atoms with Crippen molar-refractivity contribution in [3.63, 3.8) is 0 Å². The number of para-hydroxylation sites is 1. The number of benzene rings is 1. The van der Waals surface area contributed by atoms with Crippen LogP contribution in [0.1, 0.15) is 0 Å². The summed E-state index contributed by atoms with van der Waals surface area (Å²) in [6.07, 6.45) is 0. The molecule has 0 saturated heterocycles. The van der Waals surface area contributed by atoms with Crippen LogP contribution < -0.4 is 0 Å². The van der Waals surface area contributed by atoms with E-state index in [1.54, 1.807) is 6.07 Å². The van der Waals surface area contributed by atoms with Gasteiger partial charge in [0.15, 0.2) is 0 Å². The van der Waals surface area contributed by atoms with Gasteiger partial charge in [0.1, 0.15) is 4.64 Å². The van der Waals surface area contributed by atoms with E-state index in [1.807, 2.05) is 30.3 Å². The van der Waals surface area contributed by atoms with Crippen molar-refractivity contribution in [2.75, 3.05) is 0 Å². The van der Waals surface area contributed by atoms with Crippen LogP contribution in [0.4, 0.5) is 0 Å². The minimum atomic E-state index is 0. The van der Waals surface area contributed by atoms with Gasteiger partial charge in [-0.1, -0.05) is 30.4 Å².